The van der Waals surface area contributed by atoms with Crippen LogP contribution in [-0.2, 0) is 4.79 Å². The summed E-state index contributed by atoms with van der Waals surface area (Å²) < 4.78 is 83.1. The largest absolute Gasteiger partial charge is 0.476 e. The van der Waals surface area contributed by atoms with E-state index in [4.69, 9.17) is 9.47 Å². The van der Waals surface area contributed by atoms with Crippen molar-refractivity contribution < 1.29 is 45.8 Å². The molecule has 180 valence electrons. The first-order valence-electron chi connectivity index (χ1n) is 9.76. The lowest BCUT2D eigenvalue weighted by molar-refractivity contribution is -0.136. The number of carbonyl (C=O) groups is 2. The summed E-state index contributed by atoms with van der Waals surface area (Å²) >= 11 is 3.32. The van der Waals surface area contributed by atoms with Crippen LogP contribution in [0.2, 0.25) is 0 Å². The zero-order valence-corrected chi connectivity index (χ0v) is 19.1. The predicted molar refractivity (Wildman–Crippen MR) is 116 cm³/mol. The molecule has 0 amide bonds. The Morgan fingerprint density at radius 3 is 2.17 bits per heavy atom. The third kappa shape index (κ3) is 4.63. The Morgan fingerprint density at radius 1 is 0.943 bits per heavy atom. The van der Waals surface area contributed by atoms with Gasteiger partial charge in [-0.1, -0.05) is 28.1 Å². The summed E-state index contributed by atoms with van der Waals surface area (Å²) in [6.45, 7) is 0.339. The minimum absolute atomic E-state index is 0.0449. The normalized spacial score (nSPS) is 13.6. The third-order valence-corrected chi connectivity index (χ3v) is 5.46. The number of Topliss-reactive ketones (excluding diaryl/α,β-unsaturated/α-hetero) is 1. The molecule has 1 heterocycles. The summed E-state index contributed by atoms with van der Waals surface area (Å²) in [6.07, 6.45) is 1.54. The van der Waals surface area contributed by atoms with E-state index in [2.05, 4.69) is 20.7 Å². The molecule has 0 atom stereocenters. The maximum absolute atomic E-state index is 13.7. The van der Waals surface area contributed by atoms with Crippen molar-refractivity contribution in [1.82, 2.24) is 0 Å². The molecule has 0 spiro atoms. The highest BCUT2D eigenvalue weighted by molar-refractivity contribution is 9.10. The van der Waals surface area contributed by atoms with Gasteiger partial charge in [0.2, 0.25) is 34.9 Å². The summed E-state index contributed by atoms with van der Waals surface area (Å²) in [5, 5.41) is 0. The number of esters is 1. The van der Waals surface area contributed by atoms with E-state index in [9.17, 15) is 31.5 Å². The lowest BCUT2D eigenvalue weighted by Crippen LogP contribution is -2.20. The fourth-order valence-electron chi connectivity index (χ4n) is 3.18. The molecule has 4 rings (SSSR count). The molecule has 1 aliphatic rings. The van der Waals surface area contributed by atoms with Gasteiger partial charge in [-0.25, -0.2) is 18.0 Å². The lowest BCUT2D eigenvalue weighted by Gasteiger charge is -2.12. The van der Waals surface area contributed by atoms with Crippen molar-refractivity contribution in [2.24, 2.45) is 0 Å². The first-order valence-corrected chi connectivity index (χ1v) is 10.6. The number of allylic oxidation sites excluding steroid dienone is 1. The van der Waals surface area contributed by atoms with Crippen molar-refractivity contribution in [3.8, 4) is 17.2 Å². The second-order valence-corrected chi connectivity index (χ2v) is 8.13. The molecule has 0 aromatic heterocycles. The summed E-state index contributed by atoms with van der Waals surface area (Å²) in [5.41, 5.74) is 1.20. The van der Waals surface area contributed by atoms with Crippen LogP contribution in [0.5, 0.6) is 17.2 Å². The second kappa shape index (κ2) is 9.49. The average Bonchev–Trinajstić information content (AvgIpc) is 3.15. The molecule has 3 aromatic carbocycles. The van der Waals surface area contributed by atoms with E-state index >= 15 is 0 Å². The topological polar surface area (TPSA) is 61.8 Å². The number of ether oxygens (including phenoxy) is 3. The van der Waals surface area contributed by atoms with E-state index in [0.29, 0.717) is 5.56 Å². The summed E-state index contributed by atoms with van der Waals surface area (Å²) in [7, 11) is 0. The van der Waals surface area contributed by atoms with Gasteiger partial charge in [0.1, 0.15) is 11.5 Å². The number of benzene rings is 3. The first-order chi connectivity index (χ1) is 16.6. The number of hydrogen-bond acceptors (Lipinski definition) is 5. The van der Waals surface area contributed by atoms with Gasteiger partial charge >= 0.3 is 5.97 Å². The zero-order valence-electron chi connectivity index (χ0n) is 17.6. The molecule has 0 unspecified atom stereocenters. The van der Waals surface area contributed by atoms with Gasteiger partial charge in [-0.05, 0) is 42.8 Å². The van der Waals surface area contributed by atoms with E-state index in [-0.39, 0.29) is 28.4 Å². The van der Waals surface area contributed by atoms with E-state index < -0.39 is 53.2 Å². The van der Waals surface area contributed by atoms with Gasteiger partial charge in [-0.2, -0.15) is 8.78 Å². The highest BCUT2D eigenvalue weighted by Crippen LogP contribution is 2.39. The van der Waals surface area contributed by atoms with Gasteiger partial charge < -0.3 is 14.2 Å². The average molecular weight is 555 g/mol. The molecule has 5 nitrogen and oxygen atoms in total. The van der Waals surface area contributed by atoms with Crippen molar-refractivity contribution in [2.45, 2.75) is 6.92 Å². The van der Waals surface area contributed by atoms with Crippen molar-refractivity contribution >= 4 is 33.8 Å². The van der Waals surface area contributed by atoms with Crippen LogP contribution in [0.25, 0.3) is 6.08 Å². The van der Waals surface area contributed by atoms with Crippen molar-refractivity contribution in [3.63, 3.8) is 0 Å². The summed E-state index contributed by atoms with van der Waals surface area (Å²) in [4.78, 5) is 24.8. The number of ketones is 1. The second-order valence-electron chi connectivity index (χ2n) is 7.22. The monoisotopic (exact) mass is 554 g/mol. The van der Waals surface area contributed by atoms with Crippen LogP contribution in [-0.4, -0.2) is 18.4 Å². The Morgan fingerprint density at radius 2 is 1.54 bits per heavy atom. The van der Waals surface area contributed by atoms with E-state index in [1.165, 1.54) is 25.1 Å². The van der Waals surface area contributed by atoms with Crippen LogP contribution in [0.1, 0.15) is 21.5 Å². The number of fused-ring (bicyclic) bond motifs is 1. The molecule has 0 radical (unpaired) electrons. The highest BCUT2D eigenvalue weighted by Gasteiger charge is 2.31. The minimum atomic E-state index is -2.35. The number of halogens is 6. The summed E-state index contributed by atoms with van der Waals surface area (Å²) in [5.74, 6) is -14.3. The number of hydrogen-bond donors (Lipinski definition) is 0. The molecule has 0 aliphatic carbocycles. The van der Waals surface area contributed by atoms with Crippen LogP contribution < -0.4 is 14.2 Å². The van der Waals surface area contributed by atoms with Gasteiger partial charge in [-0.15, -0.1) is 0 Å². The third-order valence-electron chi connectivity index (χ3n) is 4.93. The quantitative estimate of drug-likeness (QED) is 0.0958. The molecule has 11 heteroatoms. The first kappa shape index (κ1) is 24.4. The standard InChI is InChI=1S/C24H12BrF5O5/c1-10-14(34-16(31)9-33-24-20(29)18(27)17(26)19(28)21(24)30)7-6-13-22(32)15(35-23(10)13)8-11-2-4-12(25)5-3-11/h2-8H,9H2,1H3/b15-8-. The van der Waals surface area contributed by atoms with E-state index in [1.54, 1.807) is 24.3 Å². The molecule has 0 fully saturated rings. The van der Waals surface area contributed by atoms with Gasteiger partial charge in [0.15, 0.2) is 18.1 Å². The zero-order chi connectivity index (χ0) is 25.4. The summed E-state index contributed by atoms with van der Waals surface area (Å²) in [6, 6.07) is 9.77. The molecule has 0 N–H and O–H groups in total. The van der Waals surface area contributed by atoms with Crippen LogP contribution in [0.4, 0.5) is 22.0 Å². The smallest absolute Gasteiger partial charge is 0.349 e. The molecule has 0 saturated carbocycles. The Kier molecular flexibility index (Phi) is 6.62. The lowest BCUT2D eigenvalue weighted by atomic mass is 10.1. The maximum Gasteiger partial charge on any atom is 0.349 e. The van der Waals surface area contributed by atoms with Crippen molar-refractivity contribution in [2.75, 3.05) is 6.61 Å². The Bertz CT molecular complexity index is 1370. The van der Waals surface area contributed by atoms with Crippen LogP contribution >= 0.6 is 15.9 Å². The Labute approximate surface area is 202 Å². The number of rotatable bonds is 5. The van der Waals surface area contributed by atoms with Gasteiger partial charge in [0.05, 0.1) is 5.56 Å². The fraction of sp³-hybridized carbons (Fsp3) is 0.0833. The SMILES string of the molecule is Cc1c(OC(=O)COc2c(F)c(F)c(F)c(F)c2F)ccc2c1O/C(=C\c1ccc(Br)cc1)C2=O. The van der Waals surface area contributed by atoms with Crippen LogP contribution in [0.3, 0.4) is 0 Å². The van der Waals surface area contributed by atoms with E-state index in [0.717, 1.165) is 4.47 Å². The maximum atomic E-state index is 13.7. The Balaban J connectivity index is 1.50. The highest BCUT2D eigenvalue weighted by atomic mass is 79.9. The van der Waals surface area contributed by atoms with Gasteiger partial charge in [0, 0.05) is 10.0 Å². The molecule has 0 saturated heterocycles. The minimum Gasteiger partial charge on any atom is -0.476 e. The van der Waals surface area contributed by atoms with Crippen LogP contribution in [0, 0.1) is 36.0 Å². The molecular weight excluding hydrogens is 543 g/mol. The molecule has 35 heavy (non-hydrogen) atoms. The van der Waals surface area contributed by atoms with Gasteiger partial charge in [0.25, 0.3) is 0 Å². The molecule has 0 bridgehead atoms. The van der Waals surface area contributed by atoms with Crippen molar-refractivity contribution in [1.29, 1.82) is 0 Å². The predicted octanol–water partition coefficient (Wildman–Crippen LogP) is 6.05. The van der Waals surface area contributed by atoms with E-state index in [1.807, 2.05) is 0 Å². The van der Waals surface area contributed by atoms with Gasteiger partial charge in [-0.3, -0.25) is 4.79 Å². The fourth-order valence-corrected chi connectivity index (χ4v) is 3.45. The number of carbonyl (C=O) groups excluding carboxylic acids is 2. The molecule has 1 aliphatic heterocycles. The molecule has 3 aromatic rings. The molecular formula is C24H12BrF5O5. The Hall–Kier alpha value is -3.73. The van der Waals surface area contributed by atoms with Crippen LogP contribution in [0.15, 0.2) is 46.6 Å². The van der Waals surface area contributed by atoms with Crippen molar-refractivity contribution in [3.05, 3.63) is 92.4 Å².